The Kier molecular flexibility index (Phi) is 5.79. The average molecular weight is 392 g/mol. The Morgan fingerprint density at radius 1 is 1.10 bits per heavy atom. The van der Waals surface area contributed by atoms with Gasteiger partial charge in [-0.05, 0) is 24.6 Å². The second kappa shape index (κ2) is 8.82. The molecule has 1 aromatic heterocycles. The quantitative estimate of drug-likeness (QED) is 0.677. The van der Waals surface area contributed by atoms with Crippen LogP contribution in [0.25, 0.3) is 11.3 Å². The van der Waals surface area contributed by atoms with E-state index in [1.165, 1.54) is 0 Å². The van der Waals surface area contributed by atoms with Crippen LogP contribution in [0.4, 0.5) is 0 Å². The maximum Gasteiger partial charge on any atom is 0.220 e. The number of ether oxygens (including phenoxy) is 2. The molecular formula is C23H24N2O4. The third-order valence-corrected chi connectivity index (χ3v) is 4.83. The smallest absolute Gasteiger partial charge is 0.220 e. The van der Waals surface area contributed by atoms with Gasteiger partial charge >= 0.3 is 0 Å². The van der Waals surface area contributed by atoms with Crippen LogP contribution in [0.5, 0.6) is 11.5 Å². The van der Waals surface area contributed by atoms with Crippen LogP contribution in [0.15, 0.2) is 59.1 Å². The number of carbonyl (C=O) groups excluding carboxylic acids is 1. The predicted octanol–water partition coefficient (Wildman–Crippen LogP) is 4.31. The van der Waals surface area contributed by atoms with Crippen molar-refractivity contribution in [3.8, 4) is 22.8 Å². The first-order valence-electron chi connectivity index (χ1n) is 9.88. The fourth-order valence-electron chi connectivity index (χ4n) is 3.23. The summed E-state index contributed by atoms with van der Waals surface area (Å²) in [4.78, 5) is 16.7. The lowest BCUT2D eigenvalue weighted by Gasteiger charge is -2.16. The molecule has 6 nitrogen and oxygen atoms in total. The van der Waals surface area contributed by atoms with E-state index < -0.39 is 0 Å². The summed E-state index contributed by atoms with van der Waals surface area (Å²) in [5.41, 5.74) is 1.95. The van der Waals surface area contributed by atoms with E-state index in [-0.39, 0.29) is 11.9 Å². The summed E-state index contributed by atoms with van der Waals surface area (Å²) >= 11 is 0. The SMILES string of the molecule is CC(NC(=O)CCc1ncc(-c2ccccc2)o1)c1ccc2c(c1)OCCCO2. The lowest BCUT2D eigenvalue weighted by atomic mass is 10.1. The monoisotopic (exact) mass is 392 g/mol. The van der Waals surface area contributed by atoms with Gasteiger partial charge in [-0.2, -0.15) is 0 Å². The molecule has 2 heterocycles. The molecule has 2 aromatic carbocycles. The van der Waals surface area contributed by atoms with Gasteiger partial charge in [0, 0.05) is 24.8 Å². The van der Waals surface area contributed by atoms with Crippen LogP contribution < -0.4 is 14.8 Å². The van der Waals surface area contributed by atoms with E-state index in [2.05, 4.69) is 10.3 Å². The number of benzene rings is 2. The fourth-order valence-corrected chi connectivity index (χ4v) is 3.23. The zero-order valence-electron chi connectivity index (χ0n) is 16.4. The zero-order chi connectivity index (χ0) is 20.1. The van der Waals surface area contributed by atoms with Crippen LogP contribution >= 0.6 is 0 Å². The van der Waals surface area contributed by atoms with Crippen molar-refractivity contribution in [2.24, 2.45) is 0 Å². The summed E-state index contributed by atoms with van der Waals surface area (Å²) in [5, 5.41) is 3.02. The highest BCUT2D eigenvalue weighted by Crippen LogP contribution is 2.32. The zero-order valence-corrected chi connectivity index (χ0v) is 16.4. The Morgan fingerprint density at radius 3 is 2.72 bits per heavy atom. The minimum Gasteiger partial charge on any atom is -0.490 e. The van der Waals surface area contributed by atoms with E-state index in [1.807, 2.05) is 55.5 Å². The van der Waals surface area contributed by atoms with Crippen molar-refractivity contribution in [1.82, 2.24) is 10.3 Å². The molecule has 1 amide bonds. The minimum atomic E-state index is -0.135. The van der Waals surface area contributed by atoms with E-state index in [9.17, 15) is 4.79 Å². The van der Waals surface area contributed by atoms with E-state index in [0.29, 0.717) is 37.7 Å². The van der Waals surface area contributed by atoms with Gasteiger partial charge in [0.05, 0.1) is 25.5 Å². The molecular weight excluding hydrogens is 368 g/mol. The number of aromatic nitrogens is 1. The normalized spacial score (nSPS) is 14.1. The van der Waals surface area contributed by atoms with Gasteiger partial charge in [-0.3, -0.25) is 4.79 Å². The summed E-state index contributed by atoms with van der Waals surface area (Å²) in [6.45, 7) is 3.25. The first kappa shape index (κ1) is 19.1. The van der Waals surface area contributed by atoms with Crippen molar-refractivity contribution < 1.29 is 18.7 Å². The molecule has 3 aromatic rings. The van der Waals surface area contributed by atoms with Gasteiger partial charge in [0.25, 0.3) is 0 Å². The van der Waals surface area contributed by atoms with Crippen molar-refractivity contribution in [2.45, 2.75) is 32.2 Å². The highest BCUT2D eigenvalue weighted by atomic mass is 16.5. The van der Waals surface area contributed by atoms with Crippen LogP contribution in [0.1, 0.15) is 37.3 Å². The molecule has 0 saturated carbocycles. The largest absolute Gasteiger partial charge is 0.490 e. The van der Waals surface area contributed by atoms with Crippen molar-refractivity contribution in [3.05, 3.63) is 66.2 Å². The second-order valence-corrected chi connectivity index (χ2v) is 7.03. The lowest BCUT2D eigenvalue weighted by Crippen LogP contribution is -2.26. The second-order valence-electron chi connectivity index (χ2n) is 7.03. The number of nitrogens with one attached hydrogen (secondary N) is 1. The maximum atomic E-state index is 12.4. The summed E-state index contributed by atoms with van der Waals surface area (Å²) in [5.74, 6) is 2.70. The molecule has 1 aliphatic rings. The molecule has 1 N–H and O–H groups in total. The van der Waals surface area contributed by atoms with Gasteiger partial charge in [0.2, 0.25) is 5.91 Å². The van der Waals surface area contributed by atoms with Gasteiger partial charge in [-0.25, -0.2) is 4.98 Å². The summed E-state index contributed by atoms with van der Waals surface area (Å²) < 4.78 is 17.1. The highest BCUT2D eigenvalue weighted by molar-refractivity contribution is 5.76. The molecule has 4 rings (SSSR count). The van der Waals surface area contributed by atoms with E-state index >= 15 is 0 Å². The fraction of sp³-hybridized carbons (Fsp3) is 0.304. The van der Waals surface area contributed by atoms with Crippen molar-refractivity contribution >= 4 is 5.91 Å². The Morgan fingerprint density at radius 2 is 1.90 bits per heavy atom. The Hall–Kier alpha value is -3.28. The third-order valence-electron chi connectivity index (χ3n) is 4.83. The minimum absolute atomic E-state index is 0.0518. The van der Waals surface area contributed by atoms with Crippen molar-refractivity contribution in [3.63, 3.8) is 0 Å². The first-order chi connectivity index (χ1) is 14.2. The van der Waals surface area contributed by atoms with Crippen LogP contribution in [-0.2, 0) is 11.2 Å². The molecule has 29 heavy (non-hydrogen) atoms. The third kappa shape index (κ3) is 4.77. The molecule has 1 unspecified atom stereocenters. The van der Waals surface area contributed by atoms with Gasteiger partial charge in [0.1, 0.15) is 0 Å². The molecule has 6 heteroatoms. The maximum absolute atomic E-state index is 12.4. The number of hydrogen-bond acceptors (Lipinski definition) is 5. The van der Waals surface area contributed by atoms with Crippen LogP contribution in [0, 0.1) is 0 Å². The van der Waals surface area contributed by atoms with Gasteiger partial charge in [0.15, 0.2) is 23.1 Å². The van der Waals surface area contributed by atoms with Crippen LogP contribution in [-0.4, -0.2) is 24.1 Å². The van der Waals surface area contributed by atoms with Gasteiger partial charge < -0.3 is 19.2 Å². The topological polar surface area (TPSA) is 73.6 Å². The van der Waals surface area contributed by atoms with E-state index in [1.54, 1.807) is 6.20 Å². The standard InChI is InChI=1S/C23H24N2O4/c1-16(18-8-9-19-20(14-18)28-13-5-12-27-19)25-22(26)10-11-23-24-15-21(29-23)17-6-3-2-4-7-17/h2-4,6-9,14-16H,5,10-13H2,1H3,(H,25,26). The molecule has 0 fully saturated rings. The molecule has 1 atom stereocenters. The molecule has 0 spiro atoms. The summed E-state index contributed by atoms with van der Waals surface area (Å²) in [6, 6.07) is 15.4. The summed E-state index contributed by atoms with van der Waals surface area (Å²) in [7, 11) is 0. The number of aryl methyl sites for hydroxylation is 1. The number of hydrogen-bond donors (Lipinski definition) is 1. The molecule has 0 saturated heterocycles. The Labute approximate surface area is 169 Å². The summed E-state index contributed by atoms with van der Waals surface area (Å²) in [6.07, 6.45) is 3.32. The first-order valence-corrected chi connectivity index (χ1v) is 9.88. The molecule has 150 valence electrons. The number of fused-ring (bicyclic) bond motifs is 1. The molecule has 0 aliphatic carbocycles. The van der Waals surface area contributed by atoms with Crippen LogP contribution in [0.2, 0.25) is 0 Å². The number of amides is 1. The lowest BCUT2D eigenvalue weighted by molar-refractivity contribution is -0.121. The number of nitrogens with zero attached hydrogens (tertiary/aromatic N) is 1. The number of rotatable bonds is 6. The molecule has 0 bridgehead atoms. The van der Waals surface area contributed by atoms with Gasteiger partial charge in [-0.15, -0.1) is 0 Å². The Balaban J connectivity index is 1.32. The highest BCUT2D eigenvalue weighted by Gasteiger charge is 2.16. The average Bonchev–Trinajstić information content (AvgIpc) is 3.10. The van der Waals surface area contributed by atoms with E-state index in [0.717, 1.165) is 29.0 Å². The number of oxazole rings is 1. The Bertz CT molecular complexity index is 968. The van der Waals surface area contributed by atoms with E-state index in [4.69, 9.17) is 13.9 Å². The van der Waals surface area contributed by atoms with Crippen LogP contribution in [0.3, 0.4) is 0 Å². The molecule has 0 radical (unpaired) electrons. The van der Waals surface area contributed by atoms with Crippen molar-refractivity contribution in [1.29, 1.82) is 0 Å². The van der Waals surface area contributed by atoms with Crippen molar-refractivity contribution in [2.75, 3.05) is 13.2 Å². The molecule has 1 aliphatic heterocycles. The van der Waals surface area contributed by atoms with Gasteiger partial charge in [-0.1, -0.05) is 36.4 Å². The predicted molar refractivity (Wildman–Crippen MR) is 109 cm³/mol. The number of carbonyl (C=O) groups is 1.